The minimum Gasteiger partial charge on any atom is -0.478 e. The van der Waals surface area contributed by atoms with Crippen LogP contribution in [0.1, 0.15) is 19.4 Å². The van der Waals surface area contributed by atoms with Crippen molar-refractivity contribution >= 4 is 11.6 Å². The van der Waals surface area contributed by atoms with Crippen molar-refractivity contribution in [3.63, 3.8) is 0 Å². The molecular formula is C29H29NO6. The fourth-order valence-electron chi connectivity index (χ4n) is 5.19. The highest BCUT2D eigenvalue weighted by Crippen LogP contribution is 2.44. The van der Waals surface area contributed by atoms with E-state index in [9.17, 15) is 4.79 Å². The van der Waals surface area contributed by atoms with E-state index in [4.69, 9.17) is 23.7 Å². The third-order valence-electron chi connectivity index (χ3n) is 6.78. The summed E-state index contributed by atoms with van der Waals surface area (Å²) in [7, 11) is 0. The highest BCUT2D eigenvalue weighted by Gasteiger charge is 2.64. The summed E-state index contributed by atoms with van der Waals surface area (Å²) >= 11 is 0. The zero-order chi connectivity index (χ0) is 24.7. The van der Waals surface area contributed by atoms with Gasteiger partial charge in [-0.05, 0) is 43.7 Å². The van der Waals surface area contributed by atoms with E-state index in [0.29, 0.717) is 12.4 Å². The van der Waals surface area contributed by atoms with Crippen LogP contribution in [0.2, 0.25) is 0 Å². The van der Waals surface area contributed by atoms with Crippen LogP contribution in [0.3, 0.4) is 0 Å². The molecule has 0 aromatic heterocycles. The van der Waals surface area contributed by atoms with Gasteiger partial charge >= 0.3 is 0 Å². The topological polar surface area (TPSA) is 66.5 Å². The van der Waals surface area contributed by atoms with Gasteiger partial charge in [0.25, 0.3) is 5.91 Å². The van der Waals surface area contributed by atoms with Gasteiger partial charge in [-0.1, -0.05) is 66.7 Å². The van der Waals surface area contributed by atoms with Crippen LogP contribution in [0.15, 0.2) is 91.0 Å². The lowest BCUT2D eigenvalue weighted by atomic mass is 9.88. The van der Waals surface area contributed by atoms with E-state index >= 15 is 0 Å². The summed E-state index contributed by atoms with van der Waals surface area (Å²) < 4.78 is 31.4. The Bertz CT molecular complexity index is 1190. The van der Waals surface area contributed by atoms with E-state index in [-0.39, 0.29) is 5.91 Å². The number of benzene rings is 3. The number of para-hydroxylation sites is 2. The molecule has 0 unspecified atom stereocenters. The van der Waals surface area contributed by atoms with Crippen molar-refractivity contribution in [2.45, 2.75) is 63.0 Å². The summed E-state index contributed by atoms with van der Waals surface area (Å²) in [4.78, 5) is 15.2. The second-order valence-corrected chi connectivity index (χ2v) is 9.72. The standard InChI is InChI=1S/C29H29NO6/c1-29(2)35-26-25(32-18-19-12-6-3-7-13-19)23(34-28(26)36-29)22-24(33-21-16-10-5-11-17-21)27(31)30(22)20-14-8-4-9-15-20/h3-17,22-26,28H,18H2,1-2H3/t22-,23-,24+,25+,26-,28-/m1/s1. The molecule has 0 radical (unpaired) electrons. The first-order chi connectivity index (χ1) is 17.5. The smallest absolute Gasteiger partial charge is 0.270 e. The summed E-state index contributed by atoms with van der Waals surface area (Å²) in [6.45, 7) is 4.11. The molecule has 186 valence electrons. The number of amides is 1. The Hall–Kier alpha value is -3.23. The number of hydrogen-bond acceptors (Lipinski definition) is 6. The molecule has 6 rings (SSSR count). The number of carbonyl (C=O) groups is 1. The van der Waals surface area contributed by atoms with Gasteiger partial charge in [-0.15, -0.1) is 0 Å². The first-order valence-electron chi connectivity index (χ1n) is 12.3. The minimum atomic E-state index is -0.789. The lowest BCUT2D eigenvalue weighted by Crippen LogP contribution is -2.73. The van der Waals surface area contributed by atoms with Crippen LogP contribution >= 0.6 is 0 Å². The average molecular weight is 488 g/mol. The van der Waals surface area contributed by atoms with Gasteiger partial charge in [0.2, 0.25) is 6.10 Å². The molecule has 36 heavy (non-hydrogen) atoms. The molecule has 3 fully saturated rings. The van der Waals surface area contributed by atoms with Gasteiger partial charge < -0.3 is 23.7 Å². The predicted octanol–water partition coefficient (Wildman–Crippen LogP) is 4.31. The lowest BCUT2D eigenvalue weighted by Gasteiger charge is -2.49. The number of fused-ring (bicyclic) bond motifs is 1. The van der Waals surface area contributed by atoms with Gasteiger partial charge in [-0.2, -0.15) is 0 Å². The normalized spacial score (nSPS) is 30.6. The number of carbonyl (C=O) groups excluding carboxylic acids is 1. The van der Waals surface area contributed by atoms with Crippen molar-refractivity contribution in [2.75, 3.05) is 4.90 Å². The van der Waals surface area contributed by atoms with Gasteiger partial charge in [0.05, 0.1) is 6.61 Å². The molecule has 3 heterocycles. The molecule has 7 nitrogen and oxygen atoms in total. The summed E-state index contributed by atoms with van der Waals surface area (Å²) in [5, 5.41) is 0. The van der Waals surface area contributed by atoms with Crippen LogP contribution in [0.5, 0.6) is 5.75 Å². The van der Waals surface area contributed by atoms with E-state index in [0.717, 1.165) is 11.3 Å². The summed E-state index contributed by atoms with van der Waals surface area (Å²) in [6, 6.07) is 28.5. The molecular weight excluding hydrogens is 458 g/mol. The molecule has 0 saturated carbocycles. The van der Waals surface area contributed by atoms with Gasteiger partial charge in [-0.25, -0.2) is 0 Å². The van der Waals surface area contributed by atoms with Crippen LogP contribution in [0, 0.1) is 0 Å². The Morgan fingerprint density at radius 2 is 1.47 bits per heavy atom. The monoisotopic (exact) mass is 487 g/mol. The van der Waals surface area contributed by atoms with Crippen LogP contribution in [0.25, 0.3) is 0 Å². The Morgan fingerprint density at radius 3 is 2.17 bits per heavy atom. The van der Waals surface area contributed by atoms with Crippen molar-refractivity contribution in [1.82, 2.24) is 0 Å². The number of rotatable bonds is 7. The first kappa shape index (κ1) is 23.2. The maximum absolute atomic E-state index is 13.4. The lowest BCUT2D eigenvalue weighted by molar-refractivity contribution is -0.226. The van der Waals surface area contributed by atoms with Crippen LogP contribution < -0.4 is 9.64 Å². The molecule has 0 spiro atoms. The third kappa shape index (κ3) is 4.29. The first-order valence-corrected chi connectivity index (χ1v) is 12.3. The highest BCUT2D eigenvalue weighted by molar-refractivity contribution is 6.05. The second-order valence-electron chi connectivity index (χ2n) is 9.72. The second kappa shape index (κ2) is 9.33. The molecule has 1 amide bonds. The van der Waals surface area contributed by atoms with E-state index in [1.165, 1.54) is 0 Å². The van der Waals surface area contributed by atoms with Crippen molar-refractivity contribution in [3.05, 3.63) is 96.6 Å². The maximum Gasteiger partial charge on any atom is 0.270 e. The molecule has 3 saturated heterocycles. The van der Waals surface area contributed by atoms with Crippen LogP contribution in [-0.2, 0) is 30.3 Å². The number of hydrogen-bond donors (Lipinski definition) is 0. The fraction of sp³-hybridized carbons (Fsp3) is 0.345. The Balaban J connectivity index is 1.32. The Labute approximate surface area is 210 Å². The van der Waals surface area contributed by atoms with Gasteiger partial charge in [0.1, 0.15) is 30.1 Å². The zero-order valence-corrected chi connectivity index (χ0v) is 20.2. The zero-order valence-electron chi connectivity index (χ0n) is 20.2. The van der Waals surface area contributed by atoms with E-state index in [2.05, 4.69) is 0 Å². The highest BCUT2D eigenvalue weighted by atomic mass is 16.8. The third-order valence-corrected chi connectivity index (χ3v) is 6.78. The maximum atomic E-state index is 13.4. The quantitative estimate of drug-likeness (QED) is 0.463. The van der Waals surface area contributed by atoms with Crippen molar-refractivity contribution in [2.24, 2.45) is 0 Å². The van der Waals surface area contributed by atoms with E-state index in [1.807, 2.05) is 105 Å². The molecule has 6 atom stereocenters. The molecule has 0 N–H and O–H groups in total. The van der Waals surface area contributed by atoms with E-state index < -0.39 is 42.5 Å². The van der Waals surface area contributed by atoms with Gasteiger partial charge in [-0.3, -0.25) is 9.69 Å². The van der Waals surface area contributed by atoms with Crippen LogP contribution in [-0.4, -0.2) is 48.4 Å². The number of ether oxygens (including phenoxy) is 5. The average Bonchev–Trinajstić information content (AvgIpc) is 3.37. The molecule has 3 aromatic rings. The predicted molar refractivity (Wildman–Crippen MR) is 132 cm³/mol. The SMILES string of the molecule is CC1(C)O[C@H]2O[C@H]([C@@H]3[C@H](Oc4ccccc4)C(=O)N3c3ccccc3)[C@H](OCc3ccccc3)[C@H]2O1. The minimum absolute atomic E-state index is 0.125. The van der Waals surface area contributed by atoms with Crippen molar-refractivity contribution in [3.8, 4) is 5.75 Å². The summed E-state index contributed by atoms with van der Waals surface area (Å²) in [5.41, 5.74) is 1.82. The Morgan fingerprint density at radius 1 is 0.833 bits per heavy atom. The molecule has 0 bridgehead atoms. The fourth-order valence-corrected chi connectivity index (χ4v) is 5.19. The summed E-state index contributed by atoms with van der Waals surface area (Å²) in [5.74, 6) is -0.287. The van der Waals surface area contributed by atoms with Gasteiger partial charge in [0, 0.05) is 5.69 Å². The number of nitrogens with zero attached hydrogens (tertiary/aromatic N) is 1. The summed E-state index contributed by atoms with van der Waals surface area (Å²) in [6.07, 6.45) is -2.75. The number of β-lactam (4-membered cyclic amide) rings is 1. The largest absolute Gasteiger partial charge is 0.478 e. The molecule has 3 aliphatic heterocycles. The Kier molecular flexibility index (Phi) is 6.01. The molecule has 3 aliphatic rings. The molecule has 0 aliphatic carbocycles. The molecule has 3 aromatic carbocycles. The van der Waals surface area contributed by atoms with Crippen molar-refractivity contribution in [1.29, 1.82) is 0 Å². The number of anilines is 1. The van der Waals surface area contributed by atoms with E-state index in [1.54, 1.807) is 4.90 Å². The van der Waals surface area contributed by atoms with Gasteiger partial charge in [0.15, 0.2) is 12.1 Å². The molecule has 7 heteroatoms. The van der Waals surface area contributed by atoms with Crippen molar-refractivity contribution < 1.29 is 28.5 Å². The van der Waals surface area contributed by atoms with Crippen LogP contribution in [0.4, 0.5) is 5.69 Å².